The summed E-state index contributed by atoms with van der Waals surface area (Å²) in [6, 6.07) is 11.7. The van der Waals surface area contributed by atoms with Gasteiger partial charge in [0.1, 0.15) is 11.5 Å². The van der Waals surface area contributed by atoms with Crippen LogP contribution in [0.1, 0.15) is 16.2 Å². The zero-order valence-corrected chi connectivity index (χ0v) is 19.3. The maximum Gasteiger partial charge on any atom is 0.271 e. The number of fused-ring (bicyclic) bond motifs is 1. The van der Waals surface area contributed by atoms with Crippen molar-refractivity contribution in [3.8, 4) is 11.1 Å². The molecule has 1 aromatic carbocycles. The number of nitrogens with two attached hydrogens (primary N) is 1. The molecular weight excluding hydrogens is 413 g/mol. The molecule has 164 valence electrons. The Morgan fingerprint density at radius 3 is 2.61 bits per heavy atom. The molecule has 8 heteroatoms. The number of allylic oxidation sites excluding steroid dienone is 1. The van der Waals surface area contributed by atoms with Crippen molar-refractivity contribution in [1.29, 1.82) is 0 Å². The quantitative estimate of drug-likeness (QED) is 0.559. The van der Waals surface area contributed by atoms with E-state index in [0.717, 1.165) is 27.2 Å². The Balaban J connectivity index is 2.25. The summed E-state index contributed by atoms with van der Waals surface area (Å²) < 4.78 is 18.3. The number of aromatic nitrogens is 2. The Morgan fingerprint density at radius 2 is 1.97 bits per heavy atom. The number of hydrogen-bond acceptors (Lipinski definition) is 5. The summed E-state index contributed by atoms with van der Waals surface area (Å²) in [5.41, 5.74) is 10.0. The van der Waals surface area contributed by atoms with E-state index in [-0.39, 0.29) is 24.8 Å². The molecule has 0 aliphatic rings. The molecule has 0 atom stereocenters. The molecule has 0 bridgehead atoms. The molecule has 1 amide bonds. The van der Waals surface area contributed by atoms with Crippen molar-refractivity contribution in [2.75, 3.05) is 34.7 Å². The van der Waals surface area contributed by atoms with Crippen molar-refractivity contribution in [3.05, 3.63) is 59.7 Å². The van der Waals surface area contributed by atoms with Crippen molar-refractivity contribution in [3.63, 3.8) is 0 Å². The van der Waals surface area contributed by atoms with Gasteiger partial charge >= 0.3 is 0 Å². The van der Waals surface area contributed by atoms with Gasteiger partial charge in [-0.3, -0.25) is 9.10 Å². The molecule has 0 saturated heterocycles. The van der Waals surface area contributed by atoms with E-state index in [9.17, 15) is 9.18 Å². The van der Waals surface area contributed by atoms with Crippen molar-refractivity contribution in [1.82, 2.24) is 18.8 Å². The average molecular weight is 442 g/mol. The molecule has 0 unspecified atom stereocenters. The number of amides is 1. The first-order chi connectivity index (χ1) is 14.7. The SMILES string of the molecule is Cc1c(-c2cccc(SN(C)C)c2)c2nc(C(=O)N(C)C)ccc2n1C/C(F)=C/CN. The van der Waals surface area contributed by atoms with E-state index in [4.69, 9.17) is 10.7 Å². The highest BCUT2D eigenvalue weighted by Gasteiger charge is 2.20. The summed E-state index contributed by atoms with van der Waals surface area (Å²) in [5.74, 6) is -0.483. The number of carbonyl (C=O) groups excluding carboxylic acids is 1. The maximum absolute atomic E-state index is 14.4. The molecule has 2 aromatic heterocycles. The number of rotatable bonds is 7. The smallest absolute Gasteiger partial charge is 0.271 e. The van der Waals surface area contributed by atoms with Crippen molar-refractivity contribution in [2.45, 2.75) is 18.4 Å². The monoisotopic (exact) mass is 441 g/mol. The second kappa shape index (κ2) is 9.64. The Kier molecular flexibility index (Phi) is 7.15. The molecule has 6 nitrogen and oxygen atoms in total. The van der Waals surface area contributed by atoms with Gasteiger partial charge in [0.05, 0.1) is 17.6 Å². The lowest BCUT2D eigenvalue weighted by atomic mass is 10.0. The lowest BCUT2D eigenvalue weighted by molar-refractivity contribution is 0.0822. The fourth-order valence-corrected chi connectivity index (χ4v) is 4.24. The first-order valence-electron chi connectivity index (χ1n) is 9.94. The molecule has 3 aromatic rings. The number of halogens is 1. The van der Waals surface area contributed by atoms with Crippen LogP contribution in [-0.2, 0) is 6.54 Å². The zero-order chi connectivity index (χ0) is 22.7. The minimum Gasteiger partial charge on any atom is -0.343 e. The Labute approximate surface area is 186 Å². The summed E-state index contributed by atoms with van der Waals surface area (Å²) in [6.45, 7) is 2.15. The first-order valence-corrected chi connectivity index (χ1v) is 10.7. The molecule has 0 aliphatic carbocycles. The normalized spacial score (nSPS) is 12.1. The molecular formula is C23H28FN5OS. The van der Waals surface area contributed by atoms with Gasteiger partial charge in [-0.2, -0.15) is 0 Å². The molecule has 2 heterocycles. The number of hydrogen-bond donors (Lipinski definition) is 1. The lowest BCUT2D eigenvalue weighted by Crippen LogP contribution is -2.22. The number of carbonyl (C=O) groups is 1. The van der Waals surface area contributed by atoms with Gasteiger partial charge in [-0.05, 0) is 68.9 Å². The molecule has 0 spiro atoms. The van der Waals surface area contributed by atoms with E-state index < -0.39 is 0 Å². The fourth-order valence-electron chi connectivity index (χ4n) is 3.50. The maximum atomic E-state index is 14.4. The average Bonchev–Trinajstić information content (AvgIpc) is 2.98. The summed E-state index contributed by atoms with van der Waals surface area (Å²) in [4.78, 5) is 19.8. The summed E-state index contributed by atoms with van der Waals surface area (Å²) >= 11 is 1.62. The lowest BCUT2D eigenvalue weighted by Gasteiger charge is -2.11. The van der Waals surface area contributed by atoms with Gasteiger partial charge in [-0.15, -0.1) is 0 Å². The van der Waals surface area contributed by atoms with E-state index in [2.05, 4.69) is 6.07 Å². The third-order valence-electron chi connectivity index (χ3n) is 4.85. The van der Waals surface area contributed by atoms with Crippen LogP contribution in [0.15, 0.2) is 53.2 Å². The zero-order valence-electron chi connectivity index (χ0n) is 18.5. The van der Waals surface area contributed by atoms with Crippen LogP contribution in [0.2, 0.25) is 0 Å². The Hall–Kier alpha value is -2.68. The van der Waals surface area contributed by atoms with Gasteiger partial charge in [0.25, 0.3) is 5.91 Å². The van der Waals surface area contributed by atoms with Crippen molar-refractivity contribution >= 4 is 28.9 Å². The highest BCUT2D eigenvalue weighted by atomic mass is 32.2. The number of pyridine rings is 1. The number of nitrogens with zero attached hydrogens (tertiary/aromatic N) is 4. The minimum absolute atomic E-state index is 0.0638. The van der Waals surface area contributed by atoms with E-state index in [1.807, 2.05) is 54.2 Å². The molecule has 3 rings (SSSR count). The molecule has 31 heavy (non-hydrogen) atoms. The Morgan fingerprint density at radius 1 is 1.23 bits per heavy atom. The Bertz CT molecular complexity index is 1140. The van der Waals surface area contributed by atoms with Crippen LogP contribution in [0.25, 0.3) is 22.2 Å². The summed E-state index contributed by atoms with van der Waals surface area (Å²) in [5, 5.41) is 0. The van der Waals surface area contributed by atoms with Crippen LogP contribution in [0.3, 0.4) is 0 Å². The predicted molar refractivity (Wildman–Crippen MR) is 126 cm³/mol. The van der Waals surface area contributed by atoms with Gasteiger partial charge in [-0.25, -0.2) is 9.37 Å². The van der Waals surface area contributed by atoms with E-state index in [1.54, 1.807) is 32.1 Å². The summed E-state index contributed by atoms with van der Waals surface area (Å²) in [6.07, 6.45) is 1.37. The van der Waals surface area contributed by atoms with Crippen molar-refractivity contribution in [2.24, 2.45) is 5.73 Å². The van der Waals surface area contributed by atoms with Gasteiger partial charge in [0, 0.05) is 36.8 Å². The third kappa shape index (κ3) is 4.98. The van der Waals surface area contributed by atoms with Gasteiger partial charge in [-0.1, -0.05) is 12.1 Å². The molecule has 0 radical (unpaired) electrons. The van der Waals surface area contributed by atoms with E-state index >= 15 is 0 Å². The van der Waals surface area contributed by atoms with Crippen LogP contribution in [0.5, 0.6) is 0 Å². The molecule has 0 saturated carbocycles. The van der Waals surface area contributed by atoms with Crippen LogP contribution >= 0.6 is 11.9 Å². The van der Waals surface area contributed by atoms with E-state index in [1.165, 1.54) is 11.0 Å². The topological polar surface area (TPSA) is 67.4 Å². The van der Waals surface area contributed by atoms with Crippen LogP contribution < -0.4 is 5.73 Å². The molecule has 2 N–H and O–H groups in total. The highest BCUT2D eigenvalue weighted by Crippen LogP contribution is 2.36. The predicted octanol–water partition coefficient (Wildman–Crippen LogP) is 4.09. The fraction of sp³-hybridized carbons (Fsp3) is 0.304. The van der Waals surface area contributed by atoms with Gasteiger partial charge in [0.15, 0.2) is 0 Å². The first kappa shape index (κ1) is 23.0. The standard InChI is InChI=1S/C23H28FN5OS/c1-15-21(16-7-6-8-18(13-16)31-28(4)5)22-20(29(15)14-17(24)11-12-25)10-9-19(26-22)23(30)27(2)3/h6-11,13H,12,14,25H2,1-5H3/b17-11-. The molecule has 0 aliphatic heterocycles. The van der Waals surface area contributed by atoms with Crippen LogP contribution in [-0.4, -0.2) is 59.4 Å². The van der Waals surface area contributed by atoms with Crippen molar-refractivity contribution < 1.29 is 9.18 Å². The third-order valence-corrected chi connectivity index (χ3v) is 5.68. The van der Waals surface area contributed by atoms with Crippen LogP contribution in [0.4, 0.5) is 4.39 Å². The van der Waals surface area contributed by atoms with Gasteiger partial charge in [0.2, 0.25) is 0 Å². The number of benzene rings is 1. The van der Waals surface area contributed by atoms with E-state index in [0.29, 0.717) is 11.2 Å². The second-order valence-electron chi connectivity index (χ2n) is 7.63. The highest BCUT2D eigenvalue weighted by molar-refractivity contribution is 7.97. The second-order valence-corrected chi connectivity index (χ2v) is 9.01. The molecule has 0 fully saturated rings. The van der Waals surface area contributed by atoms with Gasteiger partial charge < -0.3 is 15.2 Å². The largest absolute Gasteiger partial charge is 0.343 e. The van der Waals surface area contributed by atoms with Crippen LogP contribution in [0, 0.1) is 6.92 Å². The summed E-state index contributed by atoms with van der Waals surface area (Å²) in [7, 11) is 7.37. The minimum atomic E-state index is -0.306.